The Balaban J connectivity index is 3.89. The van der Waals surface area contributed by atoms with Crippen LogP contribution in [0.25, 0.3) is 0 Å². The third-order valence-electron chi connectivity index (χ3n) is 1.72. The Bertz CT molecular complexity index is 173. The Kier molecular flexibility index (Phi) is 5.73. The van der Waals surface area contributed by atoms with E-state index in [1.807, 2.05) is 6.92 Å². The average molecular weight is 168 g/mol. The van der Waals surface area contributed by atoms with Crippen LogP contribution in [-0.4, -0.2) is 11.7 Å². The SMILES string of the molecule is CC(C)=CC[C@@H](C)/C=C(\C)CO. The van der Waals surface area contributed by atoms with Gasteiger partial charge in [0.15, 0.2) is 0 Å². The molecule has 1 heteroatoms. The van der Waals surface area contributed by atoms with E-state index < -0.39 is 0 Å². The van der Waals surface area contributed by atoms with E-state index in [1.165, 1.54) is 5.57 Å². The first kappa shape index (κ1) is 11.4. The van der Waals surface area contributed by atoms with Crippen LogP contribution >= 0.6 is 0 Å². The maximum Gasteiger partial charge on any atom is 0.0639 e. The lowest BCUT2D eigenvalue weighted by Crippen LogP contribution is -1.92. The third-order valence-corrected chi connectivity index (χ3v) is 1.72. The van der Waals surface area contributed by atoms with Gasteiger partial charge in [-0.3, -0.25) is 0 Å². The summed E-state index contributed by atoms with van der Waals surface area (Å²) in [7, 11) is 0. The fraction of sp³-hybridized carbons (Fsp3) is 0.636. The molecule has 0 heterocycles. The van der Waals surface area contributed by atoms with E-state index >= 15 is 0 Å². The summed E-state index contributed by atoms with van der Waals surface area (Å²) in [5, 5.41) is 8.78. The molecule has 1 atom stereocenters. The van der Waals surface area contributed by atoms with Crippen molar-refractivity contribution in [1.29, 1.82) is 0 Å². The van der Waals surface area contributed by atoms with E-state index in [0.29, 0.717) is 5.92 Å². The maximum absolute atomic E-state index is 8.78. The fourth-order valence-electron chi connectivity index (χ4n) is 1.03. The molecule has 0 aliphatic carbocycles. The van der Waals surface area contributed by atoms with Gasteiger partial charge in [0, 0.05) is 0 Å². The van der Waals surface area contributed by atoms with Gasteiger partial charge in [0.2, 0.25) is 0 Å². The zero-order valence-electron chi connectivity index (χ0n) is 8.59. The second-order valence-electron chi connectivity index (χ2n) is 3.67. The van der Waals surface area contributed by atoms with Crippen LogP contribution in [0.5, 0.6) is 0 Å². The summed E-state index contributed by atoms with van der Waals surface area (Å²) >= 11 is 0. The molecule has 0 aromatic rings. The standard InChI is InChI=1S/C11H20O/c1-9(2)5-6-10(3)7-11(4)8-12/h5,7,10,12H,6,8H2,1-4H3/b11-7+/t10-/m1/s1. The van der Waals surface area contributed by atoms with Gasteiger partial charge in [-0.25, -0.2) is 0 Å². The lowest BCUT2D eigenvalue weighted by atomic mass is 10.0. The van der Waals surface area contributed by atoms with Crippen molar-refractivity contribution in [2.24, 2.45) is 5.92 Å². The summed E-state index contributed by atoms with van der Waals surface area (Å²) in [5.74, 6) is 0.534. The van der Waals surface area contributed by atoms with E-state index in [-0.39, 0.29) is 6.61 Å². The summed E-state index contributed by atoms with van der Waals surface area (Å²) in [6, 6.07) is 0. The first-order valence-electron chi connectivity index (χ1n) is 4.47. The first-order valence-corrected chi connectivity index (χ1v) is 4.47. The van der Waals surface area contributed by atoms with Crippen LogP contribution in [0.4, 0.5) is 0 Å². The largest absolute Gasteiger partial charge is 0.392 e. The fourth-order valence-corrected chi connectivity index (χ4v) is 1.03. The summed E-state index contributed by atoms with van der Waals surface area (Å²) in [6.07, 6.45) is 5.42. The maximum atomic E-state index is 8.78. The molecular formula is C11H20O. The second kappa shape index (κ2) is 6.01. The highest BCUT2D eigenvalue weighted by molar-refractivity contribution is 5.03. The molecule has 0 unspecified atom stereocenters. The molecule has 0 radical (unpaired) electrons. The minimum absolute atomic E-state index is 0.180. The van der Waals surface area contributed by atoms with Gasteiger partial charge >= 0.3 is 0 Å². The molecule has 0 amide bonds. The molecule has 0 aromatic heterocycles. The second-order valence-corrected chi connectivity index (χ2v) is 3.67. The smallest absolute Gasteiger partial charge is 0.0639 e. The number of aliphatic hydroxyl groups excluding tert-OH is 1. The molecule has 0 rings (SSSR count). The number of rotatable bonds is 4. The van der Waals surface area contributed by atoms with Gasteiger partial charge < -0.3 is 5.11 Å². The van der Waals surface area contributed by atoms with Crippen molar-refractivity contribution in [3.63, 3.8) is 0 Å². The minimum atomic E-state index is 0.180. The van der Waals surface area contributed by atoms with E-state index in [4.69, 9.17) is 5.11 Å². The van der Waals surface area contributed by atoms with Crippen LogP contribution in [-0.2, 0) is 0 Å². The van der Waals surface area contributed by atoms with Crippen molar-refractivity contribution < 1.29 is 5.11 Å². The molecule has 0 fully saturated rings. The van der Waals surface area contributed by atoms with Crippen molar-refractivity contribution >= 4 is 0 Å². The van der Waals surface area contributed by atoms with E-state index in [0.717, 1.165) is 12.0 Å². The van der Waals surface area contributed by atoms with Gasteiger partial charge in [-0.05, 0) is 33.1 Å². The van der Waals surface area contributed by atoms with E-state index in [2.05, 4.69) is 32.9 Å². The normalized spacial score (nSPS) is 14.2. The quantitative estimate of drug-likeness (QED) is 0.640. The van der Waals surface area contributed by atoms with Crippen LogP contribution < -0.4 is 0 Å². The average Bonchev–Trinajstić information content (AvgIpc) is 2.00. The third kappa shape index (κ3) is 6.17. The number of hydrogen-bond donors (Lipinski definition) is 1. The molecule has 1 nitrogen and oxygen atoms in total. The Morgan fingerprint density at radius 1 is 1.33 bits per heavy atom. The highest BCUT2D eigenvalue weighted by Crippen LogP contribution is 2.09. The van der Waals surface area contributed by atoms with Gasteiger partial charge in [-0.2, -0.15) is 0 Å². The van der Waals surface area contributed by atoms with E-state index in [1.54, 1.807) is 0 Å². The highest BCUT2D eigenvalue weighted by Gasteiger charge is 1.95. The molecule has 0 saturated carbocycles. The molecule has 0 aliphatic heterocycles. The molecular weight excluding hydrogens is 148 g/mol. The van der Waals surface area contributed by atoms with Crippen LogP contribution in [0.1, 0.15) is 34.1 Å². The van der Waals surface area contributed by atoms with Gasteiger partial charge in [-0.15, -0.1) is 0 Å². The molecule has 1 N–H and O–H groups in total. The summed E-state index contributed by atoms with van der Waals surface area (Å²) < 4.78 is 0. The topological polar surface area (TPSA) is 20.2 Å². The van der Waals surface area contributed by atoms with Gasteiger partial charge in [-0.1, -0.05) is 30.2 Å². The van der Waals surface area contributed by atoms with Gasteiger partial charge in [0.05, 0.1) is 6.61 Å². The van der Waals surface area contributed by atoms with Crippen molar-refractivity contribution in [2.45, 2.75) is 34.1 Å². The van der Waals surface area contributed by atoms with E-state index in [9.17, 15) is 0 Å². The molecule has 70 valence electrons. The molecule has 12 heavy (non-hydrogen) atoms. The predicted molar refractivity (Wildman–Crippen MR) is 54.1 cm³/mol. The lowest BCUT2D eigenvalue weighted by Gasteiger charge is -2.04. The Morgan fingerprint density at radius 2 is 1.92 bits per heavy atom. The van der Waals surface area contributed by atoms with Crippen molar-refractivity contribution in [1.82, 2.24) is 0 Å². The first-order chi connectivity index (χ1) is 5.56. The molecule has 0 spiro atoms. The summed E-state index contributed by atoms with van der Waals surface area (Å²) in [6.45, 7) is 8.52. The number of allylic oxidation sites excluding steroid dienone is 3. The number of aliphatic hydroxyl groups is 1. The zero-order valence-corrected chi connectivity index (χ0v) is 8.59. The Hall–Kier alpha value is -0.560. The van der Waals surface area contributed by atoms with Crippen molar-refractivity contribution in [3.8, 4) is 0 Å². The monoisotopic (exact) mass is 168 g/mol. The van der Waals surface area contributed by atoms with Crippen LogP contribution in [0.3, 0.4) is 0 Å². The van der Waals surface area contributed by atoms with Crippen molar-refractivity contribution in [3.05, 3.63) is 23.3 Å². The lowest BCUT2D eigenvalue weighted by molar-refractivity contribution is 0.330. The Labute approximate surface area is 75.8 Å². The number of hydrogen-bond acceptors (Lipinski definition) is 1. The molecule has 0 saturated heterocycles. The molecule has 0 aliphatic rings. The minimum Gasteiger partial charge on any atom is -0.392 e. The Morgan fingerprint density at radius 3 is 2.33 bits per heavy atom. The van der Waals surface area contributed by atoms with Gasteiger partial charge in [0.25, 0.3) is 0 Å². The summed E-state index contributed by atoms with van der Waals surface area (Å²) in [5.41, 5.74) is 2.42. The highest BCUT2D eigenvalue weighted by atomic mass is 16.3. The van der Waals surface area contributed by atoms with Crippen LogP contribution in [0.15, 0.2) is 23.3 Å². The van der Waals surface area contributed by atoms with Gasteiger partial charge in [0.1, 0.15) is 0 Å². The van der Waals surface area contributed by atoms with Crippen molar-refractivity contribution in [2.75, 3.05) is 6.61 Å². The van der Waals surface area contributed by atoms with Crippen LogP contribution in [0.2, 0.25) is 0 Å². The summed E-state index contributed by atoms with van der Waals surface area (Å²) in [4.78, 5) is 0. The molecule has 0 bridgehead atoms. The zero-order chi connectivity index (χ0) is 9.56. The molecule has 0 aromatic carbocycles. The predicted octanol–water partition coefficient (Wildman–Crippen LogP) is 2.92. The van der Waals surface area contributed by atoms with Crippen LogP contribution in [0, 0.1) is 5.92 Å².